The second kappa shape index (κ2) is 5.22. The van der Waals surface area contributed by atoms with Crippen LogP contribution in [0.5, 0.6) is 0 Å². The largest absolute Gasteiger partial charge is 0.389 e. The van der Waals surface area contributed by atoms with E-state index in [4.69, 9.17) is 0 Å². The summed E-state index contributed by atoms with van der Waals surface area (Å²) in [6.45, 7) is 4.74. The van der Waals surface area contributed by atoms with Gasteiger partial charge in [-0.15, -0.1) is 0 Å². The van der Waals surface area contributed by atoms with Crippen LogP contribution in [0.4, 0.5) is 0 Å². The molecular formula is C12H15NO. The van der Waals surface area contributed by atoms with Crippen LogP contribution in [-0.2, 0) is 0 Å². The van der Waals surface area contributed by atoms with Gasteiger partial charge in [0, 0.05) is 23.9 Å². The Bertz CT molecular complexity index is 327. The lowest BCUT2D eigenvalue weighted by Crippen LogP contribution is -2.11. The van der Waals surface area contributed by atoms with Gasteiger partial charge in [-0.25, -0.2) is 0 Å². The molecule has 2 nitrogen and oxygen atoms in total. The smallest absolute Gasteiger partial charge is 0.187 e. The van der Waals surface area contributed by atoms with Crippen molar-refractivity contribution in [1.29, 1.82) is 0 Å². The van der Waals surface area contributed by atoms with E-state index in [0.29, 0.717) is 0 Å². The number of allylic oxidation sites excluding steroid dienone is 2. The zero-order valence-corrected chi connectivity index (χ0v) is 8.58. The Balaban J connectivity index is 2.72. The van der Waals surface area contributed by atoms with E-state index in [9.17, 15) is 4.79 Å². The normalized spacial score (nSPS) is 11.1. The highest BCUT2D eigenvalue weighted by molar-refractivity contribution is 6.04. The summed E-state index contributed by atoms with van der Waals surface area (Å²) in [7, 11) is 0. The molecule has 1 N–H and O–H groups in total. The fraction of sp³-hybridized carbons (Fsp3) is 0.250. The lowest BCUT2D eigenvalue weighted by atomic mass is 10.1. The molecule has 2 heteroatoms. The molecule has 0 saturated carbocycles. The average Bonchev–Trinajstić information content (AvgIpc) is 2.19. The summed E-state index contributed by atoms with van der Waals surface area (Å²) in [6, 6.07) is 9.26. The van der Waals surface area contributed by atoms with Crippen molar-refractivity contribution in [2.24, 2.45) is 0 Å². The molecule has 0 spiro atoms. The Hall–Kier alpha value is -1.57. The average molecular weight is 189 g/mol. The quantitative estimate of drug-likeness (QED) is 0.582. The lowest BCUT2D eigenvalue weighted by Gasteiger charge is -2.01. The van der Waals surface area contributed by atoms with Crippen LogP contribution in [0.2, 0.25) is 0 Å². The van der Waals surface area contributed by atoms with Gasteiger partial charge >= 0.3 is 0 Å². The number of carbonyl (C=O) groups excluding carboxylic acids is 1. The predicted octanol–water partition coefficient (Wildman–Crippen LogP) is 2.38. The van der Waals surface area contributed by atoms with Crippen molar-refractivity contribution in [3.8, 4) is 0 Å². The maximum absolute atomic E-state index is 11.6. The molecule has 0 aliphatic rings. The van der Waals surface area contributed by atoms with Crippen LogP contribution in [0.3, 0.4) is 0 Å². The van der Waals surface area contributed by atoms with Crippen molar-refractivity contribution < 1.29 is 4.79 Å². The predicted molar refractivity (Wildman–Crippen MR) is 58.2 cm³/mol. The van der Waals surface area contributed by atoms with Gasteiger partial charge in [0.15, 0.2) is 5.78 Å². The van der Waals surface area contributed by atoms with Crippen LogP contribution in [0.25, 0.3) is 0 Å². The third-order valence-corrected chi connectivity index (χ3v) is 1.86. The minimum atomic E-state index is 0.0454. The molecule has 0 atom stereocenters. The molecule has 0 aromatic heterocycles. The van der Waals surface area contributed by atoms with Crippen molar-refractivity contribution in [1.82, 2.24) is 5.32 Å². The minimum absolute atomic E-state index is 0.0454. The molecule has 74 valence electrons. The van der Waals surface area contributed by atoms with E-state index < -0.39 is 0 Å². The summed E-state index contributed by atoms with van der Waals surface area (Å²) in [5, 5.41) is 3.09. The maximum atomic E-state index is 11.6. The van der Waals surface area contributed by atoms with Crippen LogP contribution in [0.15, 0.2) is 42.1 Å². The monoisotopic (exact) mass is 189 g/mol. The van der Waals surface area contributed by atoms with Gasteiger partial charge in [0.25, 0.3) is 0 Å². The van der Waals surface area contributed by atoms with E-state index in [-0.39, 0.29) is 5.78 Å². The molecule has 1 aromatic carbocycles. The number of carbonyl (C=O) groups is 1. The van der Waals surface area contributed by atoms with Crippen molar-refractivity contribution in [2.75, 3.05) is 6.54 Å². The van der Waals surface area contributed by atoms with Gasteiger partial charge in [0.05, 0.1) is 0 Å². The standard InChI is InChI=1S/C12H15NO/c1-3-13-10(2)9-12(14)11-7-5-4-6-8-11/h4-9,13H,3H2,1-2H3. The van der Waals surface area contributed by atoms with Crippen LogP contribution >= 0.6 is 0 Å². The van der Waals surface area contributed by atoms with Crippen molar-refractivity contribution >= 4 is 5.78 Å². The Labute approximate surface area is 84.6 Å². The first kappa shape index (κ1) is 10.5. The van der Waals surface area contributed by atoms with Crippen molar-refractivity contribution in [3.05, 3.63) is 47.7 Å². The Morgan fingerprint density at radius 1 is 1.36 bits per heavy atom. The fourth-order valence-electron chi connectivity index (χ4n) is 1.21. The molecule has 0 radical (unpaired) electrons. The molecule has 0 heterocycles. The molecule has 0 unspecified atom stereocenters. The third kappa shape index (κ3) is 3.05. The first-order chi connectivity index (χ1) is 6.74. The summed E-state index contributed by atoms with van der Waals surface area (Å²) < 4.78 is 0. The molecular weight excluding hydrogens is 174 g/mol. The van der Waals surface area contributed by atoms with Crippen LogP contribution in [0.1, 0.15) is 24.2 Å². The second-order valence-corrected chi connectivity index (χ2v) is 3.09. The Morgan fingerprint density at radius 3 is 2.57 bits per heavy atom. The van der Waals surface area contributed by atoms with Crippen LogP contribution < -0.4 is 5.32 Å². The van der Waals surface area contributed by atoms with E-state index in [1.807, 2.05) is 44.2 Å². The molecule has 0 saturated heterocycles. The van der Waals surface area contributed by atoms with E-state index >= 15 is 0 Å². The number of benzene rings is 1. The molecule has 0 fully saturated rings. The fourth-order valence-corrected chi connectivity index (χ4v) is 1.21. The Kier molecular flexibility index (Phi) is 3.92. The summed E-state index contributed by atoms with van der Waals surface area (Å²) in [4.78, 5) is 11.6. The van der Waals surface area contributed by atoms with Gasteiger partial charge in [-0.2, -0.15) is 0 Å². The number of rotatable bonds is 4. The molecule has 0 amide bonds. The summed E-state index contributed by atoms with van der Waals surface area (Å²) in [5.41, 5.74) is 1.63. The van der Waals surface area contributed by atoms with Crippen molar-refractivity contribution in [2.45, 2.75) is 13.8 Å². The van der Waals surface area contributed by atoms with E-state index in [1.54, 1.807) is 6.08 Å². The maximum Gasteiger partial charge on any atom is 0.187 e. The molecule has 1 rings (SSSR count). The lowest BCUT2D eigenvalue weighted by molar-refractivity contribution is 0.104. The number of ketones is 1. The van der Waals surface area contributed by atoms with Gasteiger partial charge in [0.1, 0.15) is 0 Å². The van der Waals surface area contributed by atoms with Crippen LogP contribution in [-0.4, -0.2) is 12.3 Å². The highest BCUT2D eigenvalue weighted by Crippen LogP contribution is 2.02. The minimum Gasteiger partial charge on any atom is -0.389 e. The molecule has 0 aliphatic heterocycles. The molecule has 0 aliphatic carbocycles. The summed E-state index contributed by atoms with van der Waals surface area (Å²) in [5.74, 6) is 0.0454. The van der Waals surface area contributed by atoms with E-state index in [2.05, 4.69) is 5.32 Å². The highest BCUT2D eigenvalue weighted by Gasteiger charge is 2.00. The zero-order chi connectivity index (χ0) is 10.4. The molecule has 0 bridgehead atoms. The highest BCUT2D eigenvalue weighted by atomic mass is 16.1. The third-order valence-electron chi connectivity index (χ3n) is 1.86. The van der Waals surface area contributed by atoms with Crippen LogP contribution in [0, 0.1) is 0 Å². The topological polar surface area (TPSA) is 29.1 Å². The van der Waals surface area contributed by atoms with Gasteiger partial charge < -0.3 is 5.32 Å². The summed E-state index contributed by atoms with van der Waals surface area (Å²) in [6.07, 6.45) is 1.62. The summed E-state index contributed by atoms with van der Waals surface area (Å²) >= 11 is 0. The van der Waals surface area contributed by atoms with Gasteiger partial charge in [-0.3, -0.25) is 4.79 Å². The van der Waals surface area contributed by atoms with E-state index in [1.165, 1.54) is 0 Å². The number of hydrogen-bond acceptors (Lipinski definition) is 2. The SMILES string of the molecule is CCNC(C)=CC(=O)c1ccccc1. The Morgan fingerprint density at radius 2 is 2.00 bits per heavy atom. The van der Waals surface area contributed by atoms with E-state index in [0.717, 1.165) is 17.8 Å². The molecule has 14 heavy (non-hydrogen) atoms. The number of nitrogens with one attached hydrogen (secondary N) is 1. The second-order valence-electron chi connectivity index (χ2n) is 3.09. The van der Waals surface area contributed by atoms with Gasteiger partial charge in [0.2, 0.25) is 0 Å². The van der Waals surface area contributed by atoms with Crippen molar-refractivity contribution in [3.63, 3.8) is 0 Å². The number of hydrogen-bond donors (Lipinski definition) is 1. The van der Waals surface area contributed by atoms with Gasteiger partial charge in [-0.1, -0.05) is 30.3 Å². The van der Waals surface area contributed by atoms with Gasteiger partial charge in [-0.05, 0) is 13.8 Å². The molecule has 1 aromatic rings. The first-order valence-electron chi connectivity index (χ1n) is 4.75. The first-order valence-corrected chi connectivity index (χ1v) is 4.75. The zero-order valence-electron chi connectivity index (χ0n) is 8.58.